The first kappa shape index (κ1) is 12.4. The molecular weight excluding hydrogens is 204 g/mol. The minimum atomic E-state index is 0.0518. The summed E-state index contributed by atoms with van der Waals surface area (Å²) in [6, 6.07) is 2.19. The fourth-order valence-corrected chi connectivity index (χ4v) is 2.69. The highest BCUT2D eigenvalue weighted by Crippen LogP contribution is 2.36. The summed E-state index contributed by atoms with van der Waals surface area (Å²) < 4.78 is 0. The number of rotatable bonds is 1. The Morgan fingerprint density at radius 2 is 1.60 bits per heavy atom. The van der Waals surface area contributed by atoms with Crippen LogP contribution in [0.5, 0.6) is 0 Å². The topological polar surface area (TPSA) is 17.1 Å². The lowest BCUT2D eigenvalue weighted by atomic mass is 9.85. The van der Waals surface area contributed by atoms with Gasteiger partial charge < -0.3 is 0 Å². The molecule has 1 heterocycles. The number of carbonyl (C=O) groups excluding carboxylic acids is 1. The average molecular weight is 224 g/mol. The molecule has 0 unspecified atom stereocenters. The van der Waals surface area contributed by atoms with Gasteiger partial charge in [-0.1, -0.05) is 41.5 Å². The first-order valence-corrected chi connectivity index (χ1v) is 6.08. The molecule has 15 heavy (non-hydrogen) atoms. The highest BCUT2D eigenvalue weighted by atomic mass is 32.1. The van der Waals surface area contributed by atoms with Crippen LogP contribution in [0, 0.1) is 0 Å². The van der Waals surface area contributed by atoms with Crippen LogP contribution in [0.1, 0.15) is 61.7 Å². The van der Waals surface area contributed by atoms with E-state index in [0.717, 1.165) is 11.2 Å². The number of aldehydes is 1. The van der Waals surface area contributed by atoms with Gasteiger partial charge in [-0.05, 0) is 22.5 Å². The van der Waals surface area contributed by atoms with E-state index in [-0.39, 0.29) is 10.8 Å². The van der Waals surface area contributed by atoms with Gasteiger partial charge in [-0.15, -0.1) is 11.3 Å². The maximum Gasteiger partial charge on any atom is 0.160 e. The van der Waals surface area contributed by atoms with E-state index in [9.17, 15) is 4.79 Å². The van der Waals surface area contributed by atoms with Crippen molar-refractivity contribution < 1.29 is 4.79 Å². The molecule has 1 rings (SSSR count). The molecule has 0 N–H and O–H groups in total. The Bertz CT molecular complexity index is 361. The molecule has 0 spiro atoms. The zero-order chi connectivity index (χ0) is 11.9. The highest BCUT2D eigenvalue weighted by Gasteiger charge is 2.25. The van der Waals surface area contributed by atoms with Gasteiger partial charge in [-0.3, -0.25) is 4.79 Å². The quantitative estimate of drug-likeness (QED) is 0.655. The Balaban J connectivity index is 3.30. The van der Waals surface area contributed by atoms with Crippen LogP contribution in [0.3, 0.4) is 0 Å². The zero-order valence-electron chi connectivity index (χ0n) is 10.5. The Kier molecular flexibility index (Phi) is 3.11. The summed E-state index contributed by atoms with van der Waals surface area (Å²) in [6.45, 7) is 13.0. The Labute approximate surface area is 96.5 Å². The molecule has 1 aromatic rings. The summed E-state index contributed by atoms with van der Waals surface area (Å²) >= 11 is 1.63. The molecule has 0 radical (unpaired) electrons. The van der Waals surface area contributed by atoms with E-state index in [1.807, 2.05) is 0 Å². The van der Waals surface area contributed by atoms with E-state index >= 15 is 0 Å². The van der Waals surface area contributed by atoms with Crippen LogP contribution in [-0.2, 0) is 10.8 Å². The summed E-state index contributed by atoms with van der Waals surface area (Å²) in [7, 11) is 0. The average Bonchev–Trinajstić information content (AvgIpc) is 2.44. The molecule has 0 saturated carbocycles. The summed E-state index contributed by atoms with van der Waals surface area (Å²) in [5, 5.41) is 0. The molecule has 1 nitrogen and oxygen atoms in total. The van der Waals surface area contributed by atoms with Crippen molar-refractivity contribution in [2.24, 2.45) is 0 Å². The van der Waals surface area contributed by atoms with Gasteiger partial charge in [0, 0.05) is 4.88 Å². The van der Waals surface area contributed by atoms with Crippen molar-refractivity contribution in [2.75, 3.05) is 0 Å². The normalized spacial score (nSPS) is 12.9. The van der Waals surface area contributed by atoms with E-state index < -0.39 is 0 Å². The van der Waals surface area contributed by atoms with Crippen molar-refractivity contribution in [1.82, 2.24) is 0 Å². The summed E-state index contributed by atoms with van der Waals surface area (Å²) in [5.74, 6) is 0. The Morgan fingerprint density at radius 1 is 1.07 bits per heavy atom. The van der Waals surface area contributed by atoms with E-state index in [0.29, 0.717) is 0 Å². The van der Waals surface area contributed by atoms with E-state index in [4.69, 9.17) is 0 Å². The van der Waals surface area contributed by atoms with Gasteiger partial charge in [0.15, 0.2) is 6.29 Å². The molecule has 0 atom stereocenters. The maximum atomic E-state index is 11.0. The molecule has 0 aliphatic rings. The molecule has 84 valence electrons. The number of carbonyl (C=O) groups is 1. The Hall–Kier alpha value is -0.630. The summed E-state index contributed by atoms with van der Waals surface area (Å²) in [4.78, 5) is 13.2. The van der Waals surface area contributed by atoms with Gasteiger partial charge in [-0.2, -0.15) is 0 Å². The fourth-order valence-electron chi connectivity index (χ4n) is 1.45. The summed E-state index contributed by atoms with van der Waals surface area (Å²) in [6.07, 6.45) is 0.987. The molecule has 2 heteroatoms. The third-order valence-electron chi connectivity index (χ3n) is 2.42. The number of hydrogen-bond acceptors (Lipinski definition) is 2. The molecule has 0 aromatic carbocycles. The second-order valence-electron chi connectivity index (χ2n) is 6.01. The first-order chi connectivity index (χ1) is 6.66. The van der Waals surface area contributed by atoms with Crippen molar-refractivity contribution in [3.63, 3.8) is 0 Å². The largest absolute Gasteiger partial charge is 0.297 e. The lowest BCUT2D eigenvalue weighted by molar-refractivity contribution is 0.112. The van der Waals surface area contributed by atoms with Crippen LogP contribution >= 0.6 is 11.3 Å². The van der Waals surface area contributed by atoms with E-state index in [1.54, 1.807) is 11.3 Å². The standard InChI is InChI=1S/C13H20OS/c1-12(2,3)9-7-11(13(4,5)6)15-10(9)8-14/h7-8H,1-6H3. The first-order valence-electron chi connectivity index (χ1n) is 5.26. The van der Waals surface area contributed by atoms with Crippen molar-refractivity contribution in [2.45, 2.75) is 52.4 Å². The molecule has 0 aliphatic heterocycles. The van der Waals surface area contributed by atoms with Crippen LogP contribution in [0.2, 0.25) is 0 Å². The highest BCUT2D eigenvalue weighted by molar-refractivity contribution is 7.14. The molecule has 1 aromatic heterocycles. The van der Waals surface area contributed by atoms with Gasteiger partial charge in [0.25, 0.3) is 0 Å². The van der Waals surface area contributed by atoms with Gasteiger partial charge in [0.05, 0.1) is 4.88 Å². The molecule has 0 aliphatic carbocycles. The number of hydrogen-bond donors (Lipinski definition) is 0. The second-order valence-corrected chi connectivity index (χ2v) is 7.09. The monoisotopic (exact) mass is 224 g/mol. The van der Waals surface area contributed by atoms with Crippen molar-refractivity contribution in [1.29, 1.82) is 0 Å². The van der Waals surface area contributed by atoms with Crippen LogP contribution < -0.4 is 0 Å². The van der Waals surface area contributed by atoms with Gasteiger partial charge in [0.2, 0.25) is 0 Å². The molecule has 0 bridgehead atoms. The summed E-state index contributed by atoms with van der Waals surface area (Å²) in [5.41, 5.74) is 1.36. The Morgan fingerprint density at radius 3 is 1.87 bits per heavy atom. The van der Waals surface area contributed by atoms with Gasteiger partial charge in [-0.25, -0.2) is 0 Å². The van der Waals surface area contributed by atoms with Gasteiger partial charge in [0.1, 0.15) is 0 Å². The van der Waals surface area contributed by atoms with Crippen LogP contribution in [0.25, 0.3) is 0 Å². The van der Waals surface area contributed by atoms with E-state index in [1.165, 1.54) is 10.4 Å². The van der Waals surface area contributed by atoms with Crippen LogP contribution in [0.15, 0.2) is 6.07 Å². The predicted molar refractivity (Wildman–Crippen MR) is 67.1 cm³/mol. The van der Waals surface area contributed by atoms with Crippen molar-refractivity contribution >= 4 is 17.6 Å². The predicted octanol–water partition coefficient (Wildman–Crippen LogP) is 4.16. The fraction of sp³-hybridized carbons (Fsp3) is 0.615. The SMILES string of the molecule is CC(C)(C)c1cc(C(C)(C)C)c(C=O)s1. The smallest absolute Gasteiger partial charge is 0.160 e. The lowest BCUT2D eigenvalue weighted by Gasteiger charge is -2.18. The molecule has 0 saturated heterocycles. The molecule has 0 fully saturated rings. The number of thiophene rings is 1. The van der Waals surface area contributed by atoms with Crippen LogP contribution in [0.4, 0.5) is 0 Å². The van der Waals surface area contributed by atoms with Crippen molar-refractivity contribution in [3.05, 3.63) is 21.4 Å². The zero-order valence-corrected chi connectivity index (χ0v) is 11.3. The minimum Gasteiger partial charge on any atom is -0.297 e. The molecule has 0 amide bonds. The third kappa shape index (κ3) is 2.69. The van der Waals surface area contributed by atoms with Crippen molar-refractivity contribution in [3.8, 4) is 0 Å². The molecular formula is C13H20OS. The maximum absolute atomic E-state index is 11.0. The lowest BCUT2D eigenvalue weighted by Crippen LogP contribution is -2.12. The van der Waals surface area contributed by atoms with Crippen LogP contribution in [-0.4, -0.2) is 6.29 Å². The van der Waals surface area contributed by atoms with E-state index in [2.05, 4.69) is 47.6 Å². The minimum absolute atomic E-state index is 0.0518. The third-order valence-corrected chi connectivity index (χ3v) is 3.90. The second kappa shape index (κ2) is 3.75. The van der Waals surface area contributed by atoms with Gasteiger partial charge >= 0.3 is 0 Å².